The van der Waals surface area contributed by atoms with Crippen molar-refractivity contribution in [2.24, 2.45) is 0 Å². The molecule has 0 N–H and O–H groups in total. The van der Waals surface area contributed by atoms with Crippen molar-refractivity contribution in [3.05, 3.63) is 23.8 Å². The zero-order valence-corrected chi connectivity index (χ0v) is 13.8. The Bertz CT molecular complexity index is 368. The summed E-state index contributed by atoms with van der Waals surface area (Å²) >= 11 is 0. The summed E-state index contributed by atoms with van der Waals surface area (Å²) in [5.41, 5.74) is 1.56. The molecule has 0 heterocycles. The zero-order chi connectivity index (χ0) is 15.0. The molecule has 0 spiro atoms. The van der Waals surface area contributed by atoms with Gasteiger partial charge in [-0.05, 0) is 36.0 Å². The summed E-state index contributed by atoms with van der Waals surface area (Å²) in [6.07, 6.45) is 7.45. The fourth-order valence-corrected chi connectivity index (χ4v) is 2.70. The Morgan fingerprint density at radius 2 is 1.30 bits per heavy atom. The molecule has 2 nitrogen and oxygen atoms in total. The Morgan fingerprint density at radius 3 is 1.65 bits per heavy atom. The van der Waals surface area contributed by atoms with Gasteiger partial charge in [0.05, 0.1) is 14.2 Å². The number of ether oxygens (including phenoxy) is 2. The van der Waals surface area contributed by atoms with Crippen LogP contribution in [0.5, 0.6) is 11.5 Å². The molecule has 0 aliphatic rings. The molecule has 0 saturated heterocycles. The summed E-state index contributed by atoms with van der Waals surface area (Å²) in [5.74, 6) is 1.78. The van der Waals surface area contributed by atoms with Gasteiger partial charge >= 0.3 is 0 Å². The fourth-order valence-electron chi connectivity index (χ4n) is 2.70. The Kier molecular flexibility index (Phi) is 6.90. The summed E-state index contributed by atoms with van der Waals surface area (Å²) < 4.78 is 10.8. The largest absolute Gasteiger partial charge is 0.497 e. The monoisotopic (exact) mass is 278 g/mol. The average molecular weight is 278 g/mol. The Labute approximate surface area is 124 Å². The van der Waals surface area contributed by atoms with Gasteiger partial charge in [-0.25, -0.2) is 0 Å². The number of hydrogen-bond acceptors (Lipinski definition) is 2. The van der Waals surface area contributed by atoms with Crippen LogP contribution >= 0.6 is 0 Å². The highest BCUT2D eigenvalue weighted by Crippen LogP contribution is 2.38. The molecule has 0 aromatic heterocycles. The standard InChI is InChI=1S/C18H30O2/c1-6-8-10-18(3,11-9-7-2)15-12-16(19-4)14-17(13-15)20-5/h12-14H,6-11H2,1-5H3. The van der Waals surface area contributed by atoms with Gasteiger partial charge in [0, 0.05) is 6.07 Å². The van der Waals surface area contributed by atoms with E-state index in [-0.39, 0.29) is 5.41 Å². The van der Waals surface area contributed by atoms with Crippen LogP contribution < -0.4 is 9.47 Å². The predicted octanol–water partition coefficient (Wildman–Crippen LogP) is 5.34. The lowest BCUT2D eigenvalue weighted by Gasteiger charge is -2.31. The maximum Gasteiger partial charge on any atom is 0.122 e. The first-order chi connectivity index (χ1) is 9.59. The lowest BCUT2D eigenvalue weighted by atomic mass is 9.74. The molecule has 1 aromatic rings. The van der Waals surface area contributed by atoms with Crippen molar-refractivity contribution in [2.45, 2.75) is 64.7 Å². The normalized spacial score (nSPS) is 11.4. The predicted molar refractivity (Wildman–Crippen MR) is 85.9 cm³/mol. The average Bonchev–Trinajstić information content (AvgIpc) is 2.50. The molecule has 20 heavy (non-hydrogen) atoms. The summed E-state index contributed by atoms with van der Waals surface area (Å²) in [7, 11) is 3.43. The smallest absolute Gasteiger partial charge is 0.122 e. The van der Waals surface area contributed by atoms with E-state index in [1.165, 1.54) is 44.1 Å². The SMILES string of the molecule is CCCCC(C)(CCCC)c1cc(OC)cc(OC)c1. The van der Waals surface area contributed by atoms with E-state index in [4.69, 9.17) is 9.47 Å². The van der Waals surface area contributed by atoms with Crippen LogP contribution in [0.3, 0.4) is 0 Å². The van der Waals surface area contributed by atoms with Crippen molar-refractivity contribution < 1.29 is 9.47 Å². The molecule has 0 bridgehead atoms. The van der Waals surface area contributed by atoms with Gasteiger partial charge in [0.1, 0.15) is 11.5 Å². The Morgan fingerprint density at radius 1 is 0.850 bits per heavy atom. The minimum absolute atomic E-state index is 0.216. The van der Waals surface area contributed by atoms with Crippen LogP contribution in [0, 0.1) is 0 Å². The molecule has 1 aromatic carbocycles. The zero-order valence-electron chi connectivity index (χ0n) is 13.8. The number of hydrogen-bond donors (Lipinski definition) is 0. The van der Waals surface area contributed by atoms with Crippen molar-refractivity contribution in [1.29, 1.82) is 0 Å². The maximum absolute atomic E-state index is 5.42. The summed E-state index contributed by atoms with van der Waals surface area (Å²) in [4.78, 5) is 0. The molecule has 0 aliphatic heterocycles. The maximum atomic E-state index is 5.42. The number of methoxy groups -OCH3 is 2. The van der Waals surface area contributed by atoms with Crippen LogP contribution in [0.25, 0.3) is 0 Å². The second-order valence-corrected chi connectivity index (χ2v) is 5.87. The third-order valence-corrected chi connectivity index (χ3v) is 4.21. The van der Waals surface area contributed by atoms with Crippen molar-refractivity contribution in [3.63, 3.8) is 0 Å². The van der Waals surface area contributed by atoms with Gasteiger partial charge in [-0.15, -0.1) is 0 Å². The van der Waals surface area contributed by atoms with Crippen LogP contribution in [-0.4, -0.2) is 14.2 Å². The van der Waals surface area contributed by atoms with E-state index >= 15 is 0 Å². The van der Waals surface area contributed by atoms with Gasteiger partial charge in [0.25, 0.3) is 0 Å². The molecular formula is C18H30O2. The molecule has 0 aliphatic carbocycles. The lowest BCUT2D eigenvalue weighted by Crippen LogP contribution is -2.22. The molecular weight excluding hydrogens is 248 g/mol. The van der Waals surface area contributed by atoms with E-state index in [9.17, 15) is 0 Å². The first-order valence-electron chi connectivity index (χ1n) is 7.83. The molecule has 1 rings (SSSR count). The van der Waals surface area contributed by atoms with Crippen molar-refractivity contribution in [2.75, 3.05) is 14.2 Å². The van der Waals surface area contributed by atoms with Crippen LogP contribution in [0.4, 0.5) is 0 Å². The molecule has 0 atom stereocenters. The molecule has 0 radical (unpaired) electrons. The number of rotatable bonds is 9. The van der Waals surface area contributed by atoms with Crippen LogP contribution in [-0.2, 0) is 5.41 Å². The van der Waals surface area contributed by atoms with Gasteiger partial charge in [-0.2, -0.15) is 0 Å². The van der Waals surface area contributed by atoms with E-state index < -0.39 is 0 Å². The number of benzene rings is 1. The van der Waals surface area contributed by atoms with Crippen molar-refractivity contribution in [1.82, 2.24) is 0 Å². The Hall–Kier alpha value is -1.18. The van der Waals surface area contributed by atoms with E-state index in [2.05, 4.69) is 32.9 Å². The van der Waals surface area contributed by atoms with Crippen molar-refractivity contribution >= 4 is 0 Å². The quantitative estimate of drug-likeness (QED) is 0.607. The highest BCUT2D eigenvalue weighted by atomic mass is 16.5. The highest BCUT2D eigenvalue weighted by molar-refractivity contribution is 5.41. The summed E-state index contributed by atoms with van der Waals surface area (Å²) in [5, 5.41) is 0. The molecule has 0 amide bonds. The second-order valence-electron chi connectivity index (χ2n) is 5.87. The summed E-state index contributed by atoms with van der Waals surface area (Å²) in [6, 6.07) is 6.30. The molecule has 0 unspecified atom stereocenters. The topological polar surface area (TPSA) is 18.5 Å². The third kappa shape index (κ3) is 4.43. The van der Waals surface area contributed by atoms with Gasteiger partial charge in [-0.1, -0.05) is 46.5 Å². The number of unbranched alkanes of at least 4 members (excludes halogenated alkanes) is 2. The molecule has 2 heteroatoms. The van der Waals surface area contributed by atoms with Gasteiger partial charge in [-0.3, -0.25) is 0 Å². The molecule has 114 valence electrons. The van der Waals surface area contributed by atoms with E-state index in [0.29, 0.717) is 0 Å². The van der Waals surface area contributed by atoms with E-state index in [0.717, 1.165) is 11.5 Å². The fraction of sp³-hybridized carbons (Fsp3) is 0.667. The van der Waals surface area contributed by atoms with Gasteiger partial charge in [0.2, 0.25) is 0 Å². The Balaban J connectivity index is 3.10. The van der Waals surface area contributed by atoms with Crippen LogP contribution in [0.1, 0.15) is 64.9 Å². The minimum Gasteiger partial charge on any atom is -0.497 e. The van der Waals surface area contributed by atoms with Crippen LogP contribution in [0.15, 0.2) is 18.2 Å². The molecule has 0 saturated carbocycles. The van der Waals surface area contributed by atoms with Gasteiger partial charge < -0.3 is 9.47 Å². The van der Waals surface area contributed by atoms with Crippen molar-refractivity contribution in [3.8, 4) is 11.5 Å². The minimum atomic E-state index is 0.216. The van der Waals surface area contributed by atoms with Gasteiger partial charge in [0.15, 0.2) is 0 Å². The first-order valence-corrected chi connectivity index (χ1v) is 7.83. The van der Waals surface area contributed by atoms with E-state index in [1.54, 1.807) is 14.2 Å². The van der Waals surface area contributed by atoms with Crippen LogP contribution in [0.2, 0.25) is 0 Å². The summed E-state index contributed by atoms with van der Waals surface area (Å²) in [6.45, 7) is 6.89. The third-order valence-electron chi connectivity index (χ3n) is 4.21. The lowest BCUT2D eigenvalue weighted by molar-refractivity contribution is 0.361. The van der Waals surface area contributed by atoms with E-state index in [1.807, 2.05) is 6.07 Å². The highest BCUT2D eigenvalue weighted by Gasteiger charge is 2.26. The molecule has 0 fully saturated rings. The second kappa shape index (κ2) is 8.18. The first kappa shape index (κ1) is 16.9.